The molecule has 0 spiro atoms. The molecule has 0 bridgehead atoms. The lowest BCUT2D eigenvalue weighted by atomic mass is 10.1. The van der Waals surface area contributed by atoms with Gasteiger partial charge < -0.3 is 0 Å². The van der Waals surface area contributed by atoms with Crippen molar-refractivity contribution < 1.29 is 14.5 Å². The molecule has 0 aliphatic carbocycles. The molecule has 1 aromatic carbocycles. The number of rotatable bonds is 5. The predicted molar refractivity (Wildman–Crippen MR) is 67.4 cm³/mol. The number of Topliss-reactive ketones (excluding diaryl/α,β-unsaturated/α-hetero) is 1. The van der Waals surface area contributed by atoms with Gasteiger partial charge >= 0.3 is 0 Å². The highest BCUT2D eigenvalue weighted by atomic mass is 35.5. The van der Waals surface area contributed by atoms with Gasteiger partial charge in [-0.15, -0.1) is 0 Å². The summed E-state index contributed by atoms with van der Waals surface area (Å²) < 4.78 is 0. The zero-order valence-corrected chi connectivity index (χ0v) is 10.3. The number of nitro groups is 1. The molecule has 0 saturated carbocycles. The van der Waals surface area contributed by atoms with Crippen molar-refractivity contribution >= 4 is 34.9 Å². The van der Waals surface area contributed by atoms with E-state index in [4.69, 9.17) is 11.6 Å². The lowest BCUT2D eigenvalue weighted by Crippen LogP contribution is -2.00. The molecule has 0 unspecified atom stereocenters. The van der Waals surface area contributed by atoms with Crippen LogP contribution in [0.1, 0.15) is 18.9 Å². The van der Waals surface area contributed by atoms with Crippen LogP contribution in [-0.4, -0.2) is 16.5 Å². The highest BCUT2D eigenvalue weighted by molar-refractivity contribution is 6.32. The number of benzene rings is 1. The smallest absolute Gasteiger partial charge is 0.288 e. The van der Waals surface area contributed by atoms with E-state index >= 15 is 0 Å². The summed E-state index contributed by atoms with van der Waals surface area (Å²) in [6.07, 6.45) is 2.45. The van der Waals surface area contributed by atoms with Gasteiger partial charge in [-0.25, -0.2) is 0 Å². The molecule has 0 saturated heterocycles. The Morgan fingerprint density at radius 3 is 2.67 bits per heavy atom. The second-order valence-corrected chi connectivity index (χ2v) is 4.05. The molecule has 1 rings (SSSR count). The minimum atomic E-state index is -0.600. The molecule has 0 atom stereocenters. The maximum atomic E-state index is 11.2. The zero-order chi connectivity index (χ0) is 13.7. The van der Waals surface area contributed by atoms with E-state index in [9.17, 15) is 19.7 Å². The number of allylic oxidation sites excluding steroid dienone is 1. The van der Waals surface area contributed by atoms with Gasteiger partial charge in [-0.05, 0) is 24.6 Å². The van der Waals surface area contributed by atoms with Crippen LogP contribution in [0.3, 0.4) is 0 Å². The van der Waals surface area contributed by atoms with Crippen LogP contribution in [0.15, 0.2) is 24.3 Å². The predicted octanol–water partition coefficient (Wildman–Crippen LogP) is 2.81. The first-order chi connectivity index (χ1) is 8.40. The Morgan fingerprint density at radius 1 is 1.44 bits per heavy atom. The summed E-state index contributed by atoms with van der Waals surface area (Å²) in [6.45, 7) is 1.32. The highest BCUT2D eigenvalue weighted by Gasteiger charge is 2.11. The van der Waals surface area contributed by atoms with Crippen molar-refractivity contribution in [3.63, 3.8) is 0 Å². The van der Waals surface area contributed by atoms with E-state index in [0.29, 0.717) is 5.56 Å². The van der Waals surface area contributed by atoms with Gasteiger partial charge in [0, 0.05) is 6.07 Å². The summed E-state index contributed by atoms with van der Waals surface area (Å²) >= 11 is 5.65. The summed E-state index contributed by atoms with van der Waals surface area (Å²) in [6, 6.07) is 4.20. The molecule has 94 valence electrons. The second-order valence-electron chi connectivity index (χ2n) is 3.65. The zero-order valence-electron chi connectivity index (χ0n) is 9.55. The Balaban J connectivity index is 2.89. The van der Waals surface area contributed by atoms with Crippen molar-refractivity contribution in [2.75, 3.05) is 0 Å². The van der Waals surface area contributed by atoms with Crippen molar-refractivity contribution in [1.82, 2.24) is 0 Å². The van der Waals surface area contributed by atoms with Crippen molar-refractivity contribution in [2.24, 2.45) is 0 Å². The Bertz CT molecular complexity index is 537. The molecule has 5 nitrogen and oxygen atoms in total. The fourth-order valence-electron chi connectivity index (χ4n) is 1.27. The minimum Gasteiger partial charge on any atom is -0.300 e. The Hall–Kier alpha value is -2.01. The van der Waals surface area contributed by atoms with Crippen molar-refractivity contribution in [1.29, 1.82) is 0 Å². The molecule has 0 radical (unpaired) electrons. The monoisotopic (exact) mass is 267 g/mol. The minimum absolute atomic E-state index is 0.0345. The van der Waals surface area contributed by atoms with Gasteiger partial charge in [0.25, 0.3) is 5.69 Å². The SMILES string of the molecule is CC(=O)CC(=O)/C=C/c1ccc(Cl)c([N+](=O)[O-])c1. The first kappa shape index (κ1) is 14.1. The van der Waals surface area contributed by atoms with Crippen LogP contribution >= 0.6 is 11.6 Å². The number of carbonyl (C=O) groups is 2. The fraction of sp³-hybridized carbons (Fsp3) is 0.167. The molecule has 0 fully saturated rings. The number of halogens is 1. The average molecular weight is 268 g/mol. The van der Waals surface area contributed by atoms with Gasteiger partial charge in [-0.1, -0.05) is 23.7 Å². The van der Waals surface area contributed by atoms with Gasteiger partial charge in [0.2, 0.25) is 0 Å². The van der Waals surface area contributed by atoms with Crippen molar-refractivity contribution in [2.45, 2.75) is 13.3 Å². The van der Waals surface area contributed by atoms with Crippen molar-refractivity contribution in [3.05, 3.63) is 45.0 Å². The molecule has 18 heavy (non-hydrogen) atoms. The number of carbonyl (C=O) groups excluding carboxylic acids is 2. The summed E-state index contributed by atoms with van der Waals surface area (Å²) in [5.41, 5.74) is 0.251. The van der Waals surface area contributed by atoms with Gasteiger partial charge in [0.15, 0.2) is 5.78 Å². The maximum Gasteiger partial charge on any atom is 0.288 e. The summed E-state index contributed by atoms with van der Waals surface area (Å²) in [4.78, 5) is 32.0. The van der Waals surface area contributed by atoms with E-state index in [2.05, 4.69) is 0 Å². The molecular formula is C12H10ClNO4. The van der Waals surface area contributed by atoms with Crippen LogP contribution in [0.4, 0.5) is 5.69 Å². The molecule has 0 amide bonds. The Morgan fingerprint density at radius 2 is 2.11 bits per heavy atom. The van der Waals surface area contributed by atoms with E-state index < -0.39 is 4.92 Å². The maximum absolute atomic E-state index is 11.2. The first-order valence-electron chi connectivity index (χ1n) is 5.04. The number of hydrogen-bond donors (Lipinski definition) is 0. The number of hydrogen-bond acceptors (Lipinski definition) is 4. The lowest BCUT2D eigenvalue weighted by Gasteiger charge is -1.97. The third kappa shape index (κ3) is 4.10. The van der Waals surface area contributed by atoms with E-state index in [1.54, 1.807) is 6.07 Å². The third-order valence-electron chi connectivity index (χ3n) is 2.05. The van der Waals surface area contributed by atoms with Gasteiger partial charge in [-0.2, -0.15) is 0 Å². The molecule has 0 heterocycles. The fourth-order valence-corrected chi connectivity index (χ4v) is 1.45. The van der Waals surface area contributed by atoms with Crippen LogP contribution in [0.5, 0.6) is 0 Å². The quantitative estimate of drug-likeness (QED) is 0.356. The van der Waals surface area contributed by atoms with Gasteiger partial charge in [0.1, 0.15) is 10.8 Å². The lowest BCUT2D eigenvalue weighted by molar-refractivity contribution is -0.384. The van der Waals surface area contributed by atoms with Gasteiger partial charge in [-0.3, -0.25) is 19.7 Å². The molecule has 0 N–H and O–H groups in total. The van der Waals surface area contributed by atoms with E-state index in [0.717, 1.165) is 0 Å². The largest absolute Gasteiger partial charge is 0.300 e. The number of nitrogens with zero attached hydrogens (tertiary/aromatic N) is 1. The molecular weight excluding hydrogens is 258 g/mol. The molecule has 6 heteroatoms. The summed E-state index contributed by atoms with van der Waals surface area (Å²) in [5.74, 6) is -0.577. The van der Waals surface area contributed by atoms with Crippen LogP contribution in [0.2, 0.25) is 5.02 Å². The van der Waals surface area contributed by atoms with Crippen LogP contribution < -0.4 is 0 Å². The van der Waals surface area contributed by atoms with Crippen LogP contribution in [0.25, 0.3) is 6.08 Å². The average Bonchev–Trinajstić information content (AvgIpc) is 2.26. The Labute approximate surface area is 108 Å². The summed E-state index contributed by atoms with van der Waals surface area (Å²) in [5, 5.41) is 10.7. The molecule has 0 aliphatic heterocycles. The second kappa shape index (κ2) is 6.07. The Kier molecular flexibility index (Phi) is 4.74. The third-order valence-corrected chi connectivity index (χ3v) is 2.37. The van der Waals surface area contributed by atoms with Crippen LogP contribution in [-0.2, 0) is 9.59 Å². The van der Waals surface area contributed by atoms with E-state index in [-0.39, 0.29) is 28.7 Å². The van der Waals surface area contributed by atoms with E-state index in [1.165, 1.54) is 31.2 Å². The highest BCUT2D eigenvalue weighted by Crippen LogP contribution is 2.25. The molecule has 1 aromatic rings. The van der Waals surface area contributed by atoms with Crippen molar-refractivity contribution in [3.8, 4) is 0 Å². The number of nitro benzene ring substituents is 1. The molecule has 0 aliphatic rings. The van der Waals surface area contributed by atoms with E-state index in [1.807, 2.05) is 0 Å². The normalized spacial score (nSPS) is 10.6. The first-order valence-corrected chi connectivity index (χ1v) is 5.42. The topological polar surface area (TPSA) is 77.3 Å². The standard InChI is InChI=1S/C12H10ClNO4/c1-8(15)6-10(16)4-2-9-3-5-11(13)12(7-9)14(17)18/h2-5,7H,6H2,1H3/b4-2+. The molecule has 0 aromatic heterocycles. The number of ketones is 2. The summed E-state index contributed by atoms with van der Waals surface area (Å²) in [7, 11) is 0. The van der Waals surface area contributed by atoms with Gasteiger partial charge in [0.05, 0.1) is 11.3 Å². The van der Waals surface area contributed by atoms with Crippen LogP contribution in [0, 0.1) is 10.1 Å².